The van der Waals surface area contributed by atoms with Gasteiger partial charge >= 0.3 is 0 Å². The van der Waals surface area contributed by atoms with Gasteiger partial charge in [-0.05, 0) is 30.3 Å². The van der Waals surface area contributed by atoms with Crippen LogP contribution in [0.5, 0.6) is 0 Å². The summed E-state index contributed by atoms with van der Waals surface area (Å²) in [5.74, 6) is -0.0638. The highest BCUT2D eigenvalue weighted by Gasteiger charge is 2.21. The first kappa shape index (κ1) is 17.0. The summed E-state index contributed by atoms with van der Waals surface area (Å²) in [7, 11) is 0. The Morgan fingerprint density at radius 3 is 2.54 bits per heavy atom. The minimum absolute atomic E-state index is 0.0638. The van der Waals surface area contributed by atoms with Crippen LogP contribution in [0, 0.1) is 0 Å². The van der Waals surface area contributed by atoms with Crippen LogP contribution < -0.4 is 10.2 Å². The number of carbonyl (C=O) groups excluding carboxylic acids is 1. The maximum atomic E-state index is 12.1. The highest BCUT2D eigenvalue weighted by molar-refractivity contribution is 6.30. The molecule has 5 heteroatoms. The van der Waals surface area contributed by atoms with E-state index in [1.54, 1.807) is 24.3 Å². The molecular formula is C19H23ClN3O+. The molecule has 1 amide bonds. The SMILES string of the molecule is O=C(NCCN1CC[NH+](c2ccccc2)CC1)c1cccc(Cl)c1. The van der Waals surface area contributed by atoms with Gasteiger partial charge in [-0.25, -0.2) is 0 Å². The van der Waals surface area contributed by atoms with E-state index in [0.29, 0.717) is 17.1 Å². The monoisotopic (exact) mass is 344 g/mol. The van der Waals surface area contributed by atoms with Crippen molar-refractivity contribution in [3.8, 4) is 0 Å². The maximum Gasteiger partial charge on any atom is 0.251 e. The van der Waals surface area contributed by atoms with E-state index in [9.17, 15) is 4.79 Å². The second kappa shape index (κ2) is 8.29. The zero-order chi connectivity index (χ0) is 16.8. The zero-order valence-electron chi connectivity index (χ0n) is 13.7. The molecule has 0 aliphatic carbocycles. The first-order valence-corrected chi connectivity index (χ1v) is 8.76. The molecule has 3 rings (SSSR count). The molecule has 2 aromatic rings. The number of benzene rings is 2. The molecule has 1 aliphatic heterocycles. The summed E-state index contributed by atoms with van der Waals surface area (Å²) in [6.07, 6.45) is 0. The third-order valence-corrected chi connectivity index (χ3v) is 4.68. The van der Waals surface area contributed by atoms with E-state index in [4.69, 9.17) is 11.6 Å². The van der Waals surface area contributed by atoms with Gasteiger partial charge in [-0.1, -0.05) is 35.9 Å². The van der Waals surface area contributed by atoms with Crippen molar-refractivity contribution in [1.82, 2.24) is 10.2 Å². The number of para-hydroxylation sites is 1. The van der Waals surface area contributed by atoms with E-state index >= 15 is 0 Å². The van der Waals surface area contributed by atoms with Crippen molar-refractivity contribution in [1.29, 1.82) is 0 Å². The third kappa shape index (κ3) is 4.57. The number of quaternary nitrogens is 1. The minimum Gasteiger partial charge on any atom is -0.351 e. The Kier molecular flexibility index (Phi) is 5.86. The van der Waals surface area contributed by atoms with Crippen LogP contribution in [0.4, 0.5) is 5.69 Å². The molecule has 0 saturated carbocycles. The lowest BCUT2D eigenvalue weighted by Gasteiger charge is -2.31. The van der Waals surface area contributed by atoms with Gasteiger partial charge in [-0.2, -0.15) is 0 Å². The van der Waals surface area contributed by atoms with Gasteiger partial charge in [-0.15, -0.1) is 0 Å². The molecule has 2 aromatic carbocycles. The highest BCUT2D eigenvalue weighted by Crippen LogP contribution is 2.10. The molecule has 0 atom stereocenters. The molecule has 2 N–H and O–H groups in total. The first-order chi connectivity index (χ1) is 11.7. The molecule has 0 radical (unpaired) electrons. The Bertz CT molecular complexity index is 669. The fraction of sp³-hybridized carbons (Fsp3) is 0.316. The lowest BCUT2D eigenvalue weighted by molar-refractivity contribution is -0.838. The average molecular weight is 345 g/mol. The number of rotatable bonds is 5. The number of hydrogen-bond acceptors (Lipinski definition) is 2. The van der Waals surface area contributed by atoms with Gasteiger partial charge in [0.25, 0.3) is 5.91 Å². The van der Waals surface area contributed by atoms with Gasteiger partial charge < -0.3 is 10.2 Å². The normalized spacial score (nSPS) is 16.0. The second-order valence-corrected chi connectivity index (χ2v) is 6.51. The molecule has 1 heterocycles. The third-order valence-electron chi connectivity index (χ3n) is 4.44. The van der Waals surface area contributed by atoms with Crippen LogP contribution in [0.25, 0.3) is 0 Å². The summed E-state index contributed by atoms with van der Waals surface area (Å²) in [4.78, 5) is 16.0. The van der Waals surface area contributed by atoms with Crippen molar-refractivity contribution in [3.05, 3.63) is 65.2 Å². The van der Waals surface area contributed by atoms with Crippen LogP contribution in [-0.2, 0) is 0 Å². The van der Waals surface area contributed by atoms with E-state index in [1.807, 2.05) is 0 Å². The number of nitrogens with zero attached hydrogens (tertiary/aromatic N) is 1. The number of nitrogens with one attached hydrogen (secondary N) is 2. The largest absolute Gasteiger partial charge is 0.351 e. The van der Waals surface area contributed by atoms with Gasteiger partial charge in [0.1, 0.15) is 5.69 Å². The highest BCUT2D eigenvalue weighted by atomic mass is 35.5. The number of carbonyl (C=O) groups is 1. The van der Waals surface area contributed by atoms with Crippen LogP contribution in [0.3, 0.4) is 0 Å². The van der Waals surface area contributed by atoms with Crippen LogP contribution in [-0.4, -0.2) is 50.1 Å². The van der Waals surface area contributed by atoms with Crippen LogP contribution in [0.15, 0.2) is 54.6 Å². The van der Waals surface area contributed by atoms with Crippen molar-refractivity contribution in [2.24, 2.45) is 0 Å². The Hall–Kier alpha value is -1.88. The molecule has 24 heavy (non-hydrogen) atoms. The van der Waals surface area contributed by atoms with Crippen molar-refractivity contribution in [2.45, 2.75) is 0 Å². The summed E-state index contributed by atoms with van der Waals surface area (Å²) in [6.45, 7) is 5.85. The van der Waals surface area contributed by atoms with Crippen molar-refractivity contribution >= 4 is 23.2 Å². The number of halogens is 1. The number of piperazine rings is 1. The predicted molar refractivity (Wildman–Crippen MR) is 97.0 cm³/mol. The summed E-state index contributed by atoms with van der Waals surface area (Å²) >= 11 is 5.92. The van der Waals surface area contributed by atoms with Crippen LogP contribution in [0.1, 0.15) is 10.4 Å². The number of amides is 1. The molecule has 0 bridgehead atoms. The smallest absolute Gasteiger partial charge is 0.251 e. The van der Waals surface area contributed by atoms with Crippen LogP contribution >= 0.6 is 11.6 Å². The fourth-order valence-corrected chi connectivity index (χ4v) is 3.26. The molecule has 1 fully saturated rings. The quantitative estimate of drug-likeness (QED) is 0.864. The predicted octanol–water partition coefficient (Wildman–Crippen LogP) is 1.60. The molecule has 4 nitrogen and oxygen atoms in total. The van der Waals surface area contributed by atoms with Gasteiger partial charge in [0.15, 0.2) is 0 Å². The zero-order valence-corrected chi connectivity index (χ0v) is 14.4. The van der Waals surface area contributed by atoms with Crippen molar-refractivity contribution in [2.75, 3.05) is 39.3 Å². The summed E-state index contributed by atoms with van der Waals surface area (Å²) in [6, 6.07) is 17.7. The summed E-state index contributed by atoms with van der Waals surface area (Å²) in [5, 5.41) is 3.56. The lowest BCUT2D eigenvalue weighted by atomic mass is 10.2. The van der Waals surface area contributed by atoms with Crippen molar-refractivity contribution in [3.63, 3.8) is 0 Å². The molecule has 1 saturated heterocycles. The van der Waals surface area contributed by atoms with Gasteiger partial charge in [0.05, 0.1) is 13.1 Å². The fourth-order valence-electron chi connectivity index (χ4n) is 3.07. The Balaban J connectivity index is 1.40. The molecule has 0 aromatic heterocycles. The standard InChI is InChI=1S/C19H22ClN3O/c20-17-6-4-5-16(15-17)19(24)21-9-10-22-11-13-23(14-12-22)18-7-2-1-3-8-18/h1-8,15H,9-14H2,(H,21,24)/p+1. The lowest BCUT2D eigenvalue weighted by Crippen LogP contribution is -3.10. The summed E-state index contributed by atoms with van der Waals surface area (Å²) in [5.41, 5.74) is 1.98. The first-order valence-electron chi connectivity index (χ1n) is 8.38. The molecular weight excluding hydrogens is 322 g/mol. The average Bonchev–Trinajstić information content (AvgIpc) is 2.63. The van der Waals surface area contributed by atoms with Crippen LogP contribution in [0.2, 0.25) is 5.02 Å². The van der Waals surface area contributed by atoms with Gasteiger partial charge in [0, 0.05) is 36.8 Å². The second-order valence-electron chi connectivity index (χ2n) is 6.08. The van der Waals surface area contributed by atoms with Gasteiger partial charge in [-0.3, -0.25) is 9.69 Å². The number of hydrogen-bond donors (Lipinski definition) is 2. The molecule has 0 unspecified atom stereocenters. The molecule has 0 spiro atoms. The minimum atomic E-state index is -0.0638. The van der Waals surface area contributed by atoms with Gasteiger partial charge in [0.2, 0.25) is 0 Å². The molecule has 126 valence electrons. The maximum absolute atomic E-state index is 12.1. The Labute approximate surface area is 148 Å². The van der Waals surface area contributed by atoms with E-state index < -0.39 is 0 Å². The Morgan fingerprint density at radius 2 is 1.83 bits per heavy atom. The van der Waals surface area contributed by atoms with E-state index in [2.05, 4.69) is 40.5 Å². The van der Waals surface area contributed by atoms with E-state index in [1.165, 1.54) is 10.6 Å². The summed E-state index contributed by atoms with van der Waals surface area (Å²) < 4.78 is 0. The van der Waals surface area contributed by atoms with E-state index in [0.717, 1.165) is 32.7 Å². The topological polar surface area (TPSA) is 36.8 Å². The van der Waals surface area contributed by atoms with E-state index in [-0.39, 0.29) is 5.91 Å². The molecule has 1 aliphatic rings. The Morgan fingerprint density at radius 1 is 1.08 bits per heavy atom. The van der Waals surface area contributed by atoms with Crippen molar-refractivity contribution < 1.29 is 9.69 Å².